The van der Waals surface area contributed by atoms with Gasteiger partial charge in [-0.15, -0.1) is 0 Å². The van der Waals surface area contributed by atoms with E-state index >= 15 is 0 Å². The van der Waals surface area contributed by atoms with Crippen LogP contribution in [0.3, 0.4) is 0 Å². The zero-order valence-electron chi connectivity index (χ0n) is 16.6. The first-order chi connectivity index (χ1) is 13.1. The number of benzene rings is 1. The first-order valence-corrected chi connectivity index (χ1v) is 10.3. The standard InChI is InChI=1S/C22H31N5/c1-16-4-3-5-21(17(16)2)27-14-9-19(10-15-27)26-12-7-18(8-13-26)20-6-11-24-22(23)25-20/h3-6,11,18-19H,7-10,12-15H2,1-2H3,(H2,23,24,25). The summed E-state index contributed by atoms with van der Waals surface area (Å²) < 4.78 is 0. The van der Waals surface area contributed by atoms with Gasteiger partial charge in [-0.05, 0) is 75.9 Å². The van der Waals surface area contributed by atoms with Crippen LogP contribution in [0.15, 0.2) is 30.5 Å². The molecule has 0 unspecified atom stereocenters. The molecule has 0 amide bonds. The van der Waals surface area contributed by atoms with Crippen molar-refractivity contribution in [3.63, 3.8) is 0 Å². The number of nitrogens with zero attached hydrogens (tertiary/aromatic N) is 4. The van der Waals surface area contributed by atoms with Gasteiger partial charge < -0.3 is 15.5 Å². The van der Waals surface area contributed by atoms with Crippen LogP contribution in [0.5, 0.6) is 0 Å². The predicted molar refractivity (Wildman–Crippen MR) is 111 cm³/mol. The Morgan fingerprint density at radius 3 is 2.41 bits per heavy atom. The SMILES string of the molecule is Cc1cccc(N2CCC(N3CCC(c4ccnc(N)n4)CC3)CC2)c1C. The van der Waals surface area contributed by atoms with Crippen molar-refractivity contribution in [1.82, 2.24) is 14.9 Å². The minimum atomic E-state index is 0.397. The van der Waals surface area contributed by atoms with Crippen LogP contribution in [0, 0.1) is 13.8 Å². The Labute approximate surface area is 162 Å². The van der Waals surface area contributed by atoms with Gasteiger partial charge in [0.15, 0.2) is 0 Å². The fraction of sp³-hybridized carbons (Fsp3) is 0.545. The molecule has 2 aromatic rings. The predicted octanol–water partition coefficient (Wildman–Crippen LogP) is 3.52. The van der Waals surface area contributed by atoms with Crippen LogP contribution in [0.4, 0.5) is 11.6 Å². The Morgan fingerprint density at radius 2 is 1.70 bits per heavy atom. The van der Waals surface area contributed by atoms with Gasteiger partial charge in [0.2, 0.25) is 5.95 Å². The summed E-state index contributed by atoms with van der Waals surface area (Å²) in [5.41, 5.74) is 11.1. The van der Waals surface area contributed by atoms with Crippen molar-refractivity contribution < 1.29 is 0 Å². The van der Waals surface area contributed by atoms with Crippen molar-refractivity contribution in [2.24, 2.45) is 0 Å². The lowest BCUT2D eigenvalue weighted by atomic mass is 9.91. The monoisotopic (exact) mass is 365 g/mol. The normalized spacial score (nSPS) is 20.1. The third kappa shape index (κ3) is 3.93. The molecule has 0 spiro atoms. The molecular weight excluding hydrogens is 334 g/mol. The molecule has 5 heteroatoms. The summed E-state index contributed by atoms with van der Waals surface area (Å²) in [6.45, 7) is 9.13. The van der Waals surface area contributed by atoms with E-state index in [0.717, 1.165) is 24.8 Å². The molecule has 1 aromatic carbocycles. The summed E-state index contributed by atoms with van der Waals surface area (Å²) in [7, 11) is 0. The molecule has 0 atom stereocenters. The van der Waals surface area contributed by atoms with E-state index in [9.17, 15) is 0 Å². The first kappa shape index (κ1) is 18.2. The van der Waals surface area contributed by atoms with Crippen LogP contribution in [-0.4, -0.2) is 47.1 Å². The number of aromatic nitrogens is 2. The second-order valence-electron chi connectivity index (χ2n) is 8.09. The zero-order valence-corrected chi connectivity index (χ0v) is 16.6. The molecular formula is C22H31N5. The summed E-state index contributed by atoms with van der Waals surface area (Å²) in [5, 5.41) is 0. The van der Waals surface area contributed by atoms with Crippen LogP contribution < -0.4 is 10.6 Å². The van der Waals surface area contributed by atoms with Gasteiger partial charge in [-0.25, -0.2) is 9.97 Å². The van der Waals surface area contributed by atoms with Crippen molar-refractivity contribution in [2.45, 2.75) is 51.5 Å². The molecule has 2 N–H and O–H groups in total. The molecule has 2 fully saturated rings. The lowest BCUT2D eigenvalue weighted by Crippen LogP contribution is -2.47. The highest BCUT2D eigenvalue weighted by molar-refractivity contribution is 5.56. The van der Waals surface area contributed by atoms with Gasteiger partial charge >= 0.3 is 0 Å². The van der Waals surface area contributed by atoms with Gasteiger partial charge in [0.1, 0.15) is 0 Å². The molecule has 0 saturated carbocycles. The van der Waals surface area contributed by atoms with E-state index in [1.807, 2.05) is 6.07 Å². The molecule has 4 rings (SSSR count). The number of aryl methyl sites for hydroxylation is 1. The minimum Gasteiger partial charge on any atom is -0.371 e. The van der Waals surface area contributed by atoms with Crippen molar-refractivity contribution >= 4 is 11.6 Å². The van der Waals surface area contributed by atoms with Gasteiger partial charge in [0.25, 0.3) is 0 Å². The maximum Gasteiger partial charge on any atom is 0.220 e. The largest absolute Gasteiger partial charge is 0.371 e. The maximum atomic E-state index is 5.75. The number of nitrogen functional groups attached to an aromatic ring is 1. The first-order valence-electron chi connectivity index (χ1n) is 10.3. The summed E-state index contributed by atoms with van der Waals surface area (Å²) in [5.74, 6) is 0.926. The average molecular weight is 366 g/mol. The number of anilines is 2. The van der Waals surface area contributed by atoms with E-state index in [1.165, 1.54) is 55.6 Å². The van der Waals surface area contributed by atoms with Gasteiger partial charge in [-0.2, -0.15) is 0 Å². The van der Waals surface area contributed by atoms with Crippen LogP contribution in [0.25, 0.3) is 0 Å². The van der Waals surface area contributed by atoms with E-state index < -0.39 is 0 Å². The van der Waals surface area contributed by atoms with Crippen molar-refractivity contribution in [1.29, 1.82) is 0 Å². The summed E-state index contributed by atoms with van der Waals surface area (Å²) >= 11 is 0. The highest BCUT2D eigenvalue weighted by Gasteiger charge is 2.29. The van der Waals surface area contributed by atoms with Gasteiger partial charge in [-0.3, -0.25) is 0 Å². The second kappa shape index (κ2) is 7.85. The average Bonchev–Trinajstić information content (AvgIpc) is 2.70. The summed E-state index contributed by atoms with van der Waals surface area (Å²) in [6.07, 6.45) is 6.66. The van der Waals surface area contributed by atoms with Crippen LogP contribution in [-0.2, 0) is 0 Å². The zero-order chi connectivity index (χ0) is 18.8. The molecule has 3 heterocycles. The number of likely N-dealkylation sites (tertiary alicyclic amines) is 1. The van der Waals surface area contributed by atoms with E-state index in [1.54, 1.807) is 6.20 Å². The number of nitrogens with two attached hydrogens (primary N) is 1. The van der Waals surface area contributed by atoms with Crippen molar-refractivity contribution in [2.75, 3.05) is 36.8 Å². The quantitative estimate of drug-likeness (QED) is 0.902. The number of piperidine rings is 2. The fourth-order valence-electron chi connectivity index (χ4n) is 4.73. The molecule has 5 nitrogen and oxygen atoms in total. The van der Waals surface area contributed by atoms with E-state index in [0.29, 0.717) is 11.9 Å². The Balaban J connectivity index is 1.31. The topological polar surface area (TPSA) is 58.3 Å². The molecule has 1 aromatic heterocycles. The molecule has 144 valence electrons. The molecule has 27 heavy (non-hydrogen) atoms. The molecule has 0 aliphatic carbocycles. The summed E-state index contributed by atoms with van der Waals surface area (Å²) in [4.78, 5) is 13.7. The number of rotatable bonds is 3. The Kier molecular flexibility index (Phi) is 5.30. The number of hydrogen-bond acceptors (Lipinski definition) is 5. The molecule has 0 radical (unpaired) electrons. The Hall–Kier alpha value is -2.14. The van der Waals surface area contributed by atoms with E-state index in [-0.39, 0.29) is 0 Å². The lowest BCUT2D eigenvalue weighted by molar-refractivity contribution is 0.131. The highest BCUT2D eigenvalue weighted by atomic mass is 15.2. The van der Waals surface area contributed by atoms with Crippen LogP contribution in [0.1, 0.15) is 48.4 Å². The number of hydrogen-bond donors (Lipinski definition) is 1. The van der Waals surface area contributed by atoms with Crippen LogP contribution >= 0.6 is 0 Å². The minimum absolute atomic E-state index is 0.397. The second-order valence-corrected chi connectivity index (χ2v) is 8.09. The third-order valence-electron chi connectivity index (χ3n) is 6.54. The molecule has 2 saturated heterocycles. The summed E-state index contributed by atoms with van der Waals surface area (Å²) in [6, 6.07) is 9.43. The smallest absolute Gasteiger partial charge is 0.220 e. The van der Waals surface area contributed by atoms with Crippen molar-refractivity contribution in [3.05, 3.63) is 47.3 Å². The fourth-order valence-corrected chi connectivity index (χ4v) is 4.73. The van der Waals surface area contributed by atoms with Gasteiger partial charge in [-0.1, -0.05) is 12.1 Å². The van der Waals surface area contributed by atoms with Gasteiger partial charge in [0.05, 0.1) is 0 Å². The third-order valence-corrected chi connectivity index (χ3v) is 6.54. The Morgan fingerprint density at radius 1 is 0.963 bits per heavy atom. The Bertz CT molecular complexity index is 774. The van der Waals surface area contributed by atoms with E-state index in [4.69, 9.17) is 5.73 Å². The molecule has 0 bridgehead atoms. The molecule has 2 aliphatic rings. The van der Waals surface area contributed by atoms with Crippen LogP contribution in [0.2, 0.25) is 0 Å². The highest BCUT2D eigenvalue weighted by Crippen LogP contribution is 2.31. The molecule has 2 aliphatic heterocycles. The maximum absolute atomic E-state index is 5.75. The van der Waals surface area contributed by atoms with E-state index in [2.05, 4.69) is 51.8 Å². The lowest BCUT2D eigenvalue weighted by Gasteiger charge is -2.42. The van der Waals surface area contributed by atoms with Gasteiger partial charge in [0, 0.05) is 42.6 Å². The van der Waals surface area contributed by atoms with Crippen molar-refractivity contribution in [3.8, 4) is 0 Å².